The van der Waals surface area contributed by atoms with Gasteiger partial charge in [0.05, 0.1) is 27.8 Å². The summed E-state index contributed by atoms with van der Waals surface area (Å²) in [5, 5.41) is 4.88. The highest BCUT2D eigenvalue weighted by Crippen LogP contribution is 2.52. The van der Waals surface area contributed by atoms with E-state index in [1.807, 2.05) is 60.7 Å². The molecule has 0 N–H and O–H groups in total. The van der Waals surface area contributed by atoms with Crippen LogP contribution < -0.4 is 0 Å². The molecule has 9 aromatic carbocycles. The molecule has 1 unspecified atom stereocenters. The van der Waals surface area contributed by atoms with Crippen LogP contribution in [0.15, 0.2) is 218 Å². The molecule has 12 aromatic rings. The smallest absolute Gasteiger partial charge is 0.164 e. The lowest BCUT2D eigenvalue weighted by Crippen LogP contribution is -2.01. The van der Waals surface area contributed by atoms with Gasteiger partial charge >= 0.3 is 0 Å². The highest BCUT2D eigenvalue weighted by Gasteiger charge is 2.33. The fraction of sp³-hybridized carbons (Fsp3) is 0.0172. The van der Waals surface area contributed by atoms with Crippen LogP contribution in [0.5, 0.6) is 0 Å². The van der Waals surface area contributed by atoms with Crippen LogP contribution in [-0.2, 0) is 0 Å². The molecule has 0 amide bonds. The molecular weight excluding hydrogens is 767 g/mol. The van der Waals surface area contributed by atoms with Gasteiger partial charge in [-0.1, -0.05) is 170 Å². The van der Waals surface area contributed by atoms with E-state index in [0.29, 0.717) is 17.5 Å². The second-order valence-electron chi connectivity index (χ2n) is 16.3. The van der Waals surface area contributed by atoms with Gasteiger partial charge in [0.15, 0.2) is 17.5 Å². The van der Waals surface area contributed by atoms with Crippen molar-refractivity contribution < 1.29 is 0 Å². The van der Waals surface area contributed by atoms with Crippen molar-refractivity contribution in [1.82, 2.24) is 24.1 Å². The van der Waals surface area contributed by atoms with E-state index >= 15 is 0 Å². The number of aromatic nitrogens is 5. The maximum absolute atomic E-state index is 5.03. The molecule has 1 aliphatic carbocycles. The maximum Gasteiger partial charge on any atom is 0.164 e. The number of fused-ring (bicyclic) bond motifs is 10. The monoisotopic (exact) mass is 803 g/mol. The molecule has 0 fully saturated rings. The van der Waals surface area contributed by atoms with Crippen LogP contribution in [0.2, 0.25) is 0 Å². The minimum absolute atomic E-state index is 0.162. The molecule has 0 radical (unpaired) electrons. The van der Waals surface area contributed by atoms with Gasteiger partial charge in [-0.25, -0.2) is 15.0 Å². The number of hydrogen-bond acceptors (Lipinski definition) is 3. The molecule has 1 aliphatic rings. The van der Waals surface area contributed by atoms with Crippen molar-refractivity contribution in [1.29, 1.82) is 0 Å². The Morgan fingerprint density at radius 3 is 1.57 bits per heavy atom. The standard InChI is InChI=1S/C58H37N5/c1-4-17-37(18-5-1)52-43-24-10-11-25-44(43)53-47(52)27-16-30-50(53)63-49-29-15-13-26-46(49)54-51(63)36-35-45-42-23-12-14-28-48(42)62(55(45)54)41-33-31-40(32-34-41)58-60-56(38-19-6-2-7-20-38)59-57(61-58)39-21-8-3-9-22-39/h1-36,52H. The second-order valence-corrected chi connectivity index (χ2v) is 16.3. The summed E-state index contributed by atoms with van der Waals surface area (Å²) in [5.74, 6) is 2.09. The minimum Gasteiger partial charge on any atom is -0.309 e. The van der Waals surface area contributed by atoms with E-state index < -0.39 is 0 Å². The molecule has 5 nitrogen and oxygen atoms in total. The van der Waals surface area contributed by atoms with Crippen molar-refractivity contribution >= 4 is 43.6 Å². The van der Waals surface area contributed by atoms with E-state index in [0.717, 1.165) is 27.9 Å². The maximum atomic E-state index is 5.03. The van der Waals surface area contributed by atoms with Gasteiger partial charge in [0.1, 0.15) is 0 Å². The summed E-state index contributed by atoms with van der Waals surface area (Å²) in [6.45, 7) is 0. The number of benzene rings is 9. The molecule has 3 heterocycles. The van der Waals surface area contributed by atoms with Gasteiger partial charge in [-0.2, -0.15) is 0 Å². The molecule has 0 aliphatic heterocycles. The van der Waals surface area contributed by atoms with E-state index in [1.54, 1.807) is 0 Å². The van der Waals surface area contributed by atoms with Crippen molar-refractivity contribution in [3.63, 3.8) is 0 Å². The van der Waals surface area contributed by atoms with Gasteiger partial charge in [0, 0.05) is 55.4 Å². The third-order valence-electron chi connectivity index (χ3n) is 12.9. The minimum atomic E-state index is 0.162. The number of nitrogens with zero attached hydrogens (tertiary/aromatic N) is 5. The van der Waals surface area contributed by atoms with Crippen LogP contribution in [-0.4, -0.2) is 24.1 Å². The zero-order chi connectivity index (χ0) is 41.4. The second kappa shape index (κ2) is 14.1. The largest absolute Gasteiger partial charge is 0.309 e. The topological polar surface area (TPSA) is 48.5 Å². The molecule has 0 bridgehead atoms. The fourth-order valence-corrected chi connectivity index (χ4v) is 10.2. The molecule has 294 valence electrons. The van der Waals surface area contributed by atoms with E-state index in [9.17, 15) is 0 Å². The van der Waals surface area contributed by atoms with E-state index in [-0.39, 0.29) is 5.92 Å². The van der Waals surface area contributed by atoms with Gasteiger partial charge in [0.25, 0.3) is 0 Å². The summed E-state index contributed by atoms with van der Waals surface area (Å²) in [6.07, 6.45) is 0. The summed E-state index contributed by atoms with van der Waals surface area (Å²) in [6, 6.07) is 78.1. The molecule has 63 heavy (non-hydrogen) atoms. The zero-order valence-electron chi connectivity index (χ0n) is 34.1. The number of para-hydroxylation sites is 2. The SMILES string of the molecule is c1ccc(-c2nc(-c3ccccc3)nc(-c3ccc(-n4c5ccccc5c5ccc6c(c7ccccc7n6-c6cccc7c6-c6ccccc6C7c6ccccc6)c54)cc3)n2)cc1. The first-order valence-corrected chi connectivity index (χ1v) is 21.5. The highest BCUT2D eigenvalue weighted by atomic mass is 15.0. The van der Waals surface area contributed by atoms with Crippen molar-refractivity contribution in [2.75, 3.05) is 0 Å². The Kier molecular flexibility index (Phi) is 7.90. The van der Waals surface area contributed by atoms with Gasteiger partial charge in [-0.15, -0.1) is 0 Å². The van der Waals surface area contributed by atoms with Crippen molar-refractivity contribution in [2.45, 2.75) is 5.92 Å². The molecule has 1 atom stereocenters. The summed E-state index contributed by atoms with van der Waals surface area (Å²) < 4.78 is 4.95. The lowest BCUT2D eigenvalue weighted by Gasteiger charge is -2.16. The first-order chi connectivity index (χ1) is 31.3. The quantitative estimate of drug-likeness (QED) is 0.168. The molecule has 3 aromatic heterocycles. The lowest BCUT2D eigenvalue weighted by molar-refractivity contribution is 1.01. The molecule has 0 spiro atoms. The Balaban J connectivity index is 1.03. The molecule has 5 heteroatoms. The van der Waals surface area contributed by atoms with Crippen LogP contribution in [0, 0.1) is 0 Å². The average Bonchev–Trinajstić information content (AvgIpc) is 4.01. The summed E-state index contributed by atoms with van der Waals surface area (Å²) in [5.41, 5.74) is 16.4. The Morgan fingerprint density at radius 2 is 0.889 bits per heavy atom. The molecule has 0 saturated heterocycles. The first-order valence-electron chi connectivity index (χ1n) is 21.5. The third-order valence-corrected chi connectivity index (χ3v) is 12.9. The van der Waals surface area contributed by atoms with Crippen molar-refractivity contribution in [3.05, 3.63) is 235 Å². The third kappa shape index (κ3) is 5.46. The lowest BCUT2D eigenvalue weighted by atomic mass is 9.89. The molecule has 0 saturated carbocycles. The van der Waals surface area contributed by atoms with Crippen LogP contribution in [0.3, 0.4) is 0 Å². The summed E-state index contributed by atoms with van der Waals surface area (Å²) in [4.78, 5) is 15.0. The predicted molar refractivity (Wildman–Crippen MR) is 258 cm³/mol. The highest BCUT2D eigenvalue weighted by molar-refractivity contribution is 6.26. The summed E-state index contributed by atoms with van der Waals surface area (Å²) >= 11 is 0. The van der Waals surface area contributed by atoms with Crippen LogP contribution in [0.25, 0.3) is 100 Å². The van der Waals surface area contributed by atoms with Gasteiger partial charge in [-0.3, -0.25) is 0 Å². The number of hydrogen-bond donors (Lipinski definition) is 0. The van der Waals surface area contributed by atoms with Crippen LogP contribution in [0.4, 0.5) is 0 Å². The number of rotatable bonds is 6. The van der Waals surface area contributed by atoms with Crippen molar-refractivity contribution in [3.8, 4) is 56.7 Å². The zero-order valence-corrected chi connectivity index (χ0v) is 34.1. The van der Waals surface area contributed by atoms with Gasteiger partial charge in [0.2, 0.25) is 0 Å². The molecule has 13 rings (SSSR count). The van der Waals surface area contributed by atoms with Gasteiger partial charge in [-0.05, 0) is 70.8 Å². The van der Waals surface area contributed by atoms with Gasteiger partial charge < -0.3 is 9.13 Å². The van der Waals surface area contributed by atoms with Crippen LogP contribution in [0.1, 0.15) is 22.6 Å². The average molecular weight is 804 g/mol. The Labute approximate surface area is 363 Å². The predicted octanol–water partition coefficient (Wildman–Crippen LogP) is 14.2. The Hall–Kier alpha value is -8.41. The van der Waals surface area contributed by atoms with Crippen molar-refractivity contribution in [2.24, 2.45) is 0 Å². The Bertz CT molecular complexity index is 3660. The molecular formula is C58H37N5. The normalized spacial score (nSPS) is 13.2. The van der Waals surface area contributed by atoms with Crippen LogP contribution >= 0.6 is 0 Å². The van der Waals surface area contributed by atoms with E-state index in [1.165, 1.54) is 71.6 Å². The Morgan fingerprint density at radius 1 is 0.349 bits per heavy atom. The first kappa shape index (κ1) is 35.4. The summed E-state index contributed by atoms with van der Waals surface area (Å²) in [7, 11) is 0. The fourth-order valence-electron chi connectivity index (χ4n) is 10.2. The van der Waals surface area contributed by atoms with E-state index in [4.69, 9.17) is 15.0 Å². The van der Waals surface area contributed by atoms with E-state index in [2.05, 4.69) is 167 Å².